The average Bonchev–Trinajstić information content (AvgIpc) is 0.770. The molecule has 0 bridgehead atoms. The lowest BCUT2D eigenvalue weighted by molar-refractivity contribution is -0.152. The van der Waals surface area contributed by atoms with Crippen molar-refractivity contribution in [3.8, 4) is 0 Å². The van der Waals surface area contributed by atoms with E-state index in [9.17, 15) is 23.2 Å². The number of rotatable bonds is 36. The highest BCUT2D eigenvalue weighted by atomic mass is 19.2. The molecule has 0 heterocycles. The first-order valence-corrected chi connectivity index (χ1v) is 39.5. The number of benzene rings is 9. The molecule has 686 valence electrons. The third kappa shape index (κ3) is 21.6. The number of nitrogens with one attached hydrogen (secondary N) is 1. The summed E-state index contributed by atoms with van der Waals surface area (Å²) in [6.07, 6.45) is 0. The molecule has 9 aromatic rings. The van der Waals surface area contributed by atoms with Crippen LogP contribution in [0.4, 0.5) is 87.8 Å². The van der Waals surface area contributed by atoms with Crippen LogP contribution in [0.3, 0.4) is 0 Å². The van der Waals surface area contributed by atoms with Crippen molar-refractivity contribution in [1.82, 2.24) is 44.5 Å². The van der Waals surface area contributed by atoms with E-state index in [0.29, 0.717) is 45.9 Å². The molecular weight excluding hydrogens is 1750 g/mol. The van der Waals surface area contributed by atoms with Gasteiger partial charge in [0.15, 0.2) is 93.1 Å². The molecule has 0 unspecified atom stereocenters. The second-order valence-electron chi connectivity index (χ2n) is 30.1. The Hall–Kier alpha value is -13.2. The third-order valence-electron chi connectivity index (χ3n) is 22.4. The van der Waals surface area contributed by atoms with E-state index in [1.807, 2.05) is 0 Å². The fourth-order valence-corrected chi connectivity index (χ4v) is 14.8. The van der Waals surface area contributed by atoms with Crippen molar-refractivity contribution >= 4 is 53.2 Å². The van der Waals surface area contributed by atoms with Gasteiger partial charge < -0.3 is 50.2 Å². The normalized spacial score (nSPS) is 13.5. The van der Waals surface area contributed by atoms with Crippen LogP contribution in [0.25, 0.3) is 0 Å². The van der Waals surface area contributed by atoms with Crippen LogP contribution >= 0.6 is 0 Å². The van der Waals surface area contributed by atoms with Gasteiger partial charge in [0.25, 0.3) is 0 Å². The van der Waals surface area contributed by atoms with Crippen molar-refractivity contribution in [1.29, 1.82) is 0 Å². The minimum atomic E-state index is -2.85. The number of primary amides is 1. The van der Waals surface area contributed by atoms with Gasteiger partial charge in [-0.2, -0.15) is 0 Å². The van der Waals surface area contributed by atoms with Crippen molar-refractivity contribution in [3.05, 3.63) is 318 Å². The minimum absolute atomic E-state index is 0.0345. The van der Waals surface area contributed by atoms with E-state index in [2.05, 4.69) is 5.32 Å². The molecule has 0 aromatic heterocycles. The smallest absolute Gasteiger partial charge is 0.243 e. The molecule has 0 aliphatic rings. The highest BCUT2D eigenvalue weighted by Crippen LogP contribution is 2.39. The summed E-state index contributed by atoms with van der Waals surface area (Å²) in [6, 6.07) is 18.9. The fourth-order valence-electron chi connectivity index (χ4n) is 14.8. The van der Waals surface area contributed by atoms with Gasteiger partial charge in [0.2, 0.25) is 76.4 Å². The van der Waals surface area contributed by atoms with Crippen LogP contribution < -0.4 is 11.1 Å². The molecule has 0 saturated carbocycles. The molecular formula is C90H82F20N10O9. The van der Waals surface area contributed by atoms with E-state index >= 15 is 108 Å². The van der Waals surface area contributed by atoms with Crippen molar-refractivity contribution in [2.45, 2.75) is 117 Å². The SMILES string of the molecule is C[C@H](NCC(=O)N(CC(=O)N(CC(=O)N(CC(=O)N(CC(=O)N(CC(=O)N(CC(=O)N(CC(=O)N(CC(N)=O)[C@@H](C)c1ccccc1)[C@@H](C)c1c(F)c(F)c(F)c(F)c1F)[C@@H](C)c1ccccc1)[C@@H](C)c1c(F)c(F)c(F)c(F)c1F)[C@@H](C)c1c(F)c(F)c(F)c(F)c1F)[C@@H](C)c1ccccc1)[C@@H](C)c1ccccc1)[C@@H](C)c1c(F)c(F)c(F)c(F)c1F)c1ccccc1. The predicted octanol–water partition coefficient (Wildman–Crippen LogP) is 16.3. The van der Waals surface area contributed by atoms with Crippen molar-refractivity contribution in [2.75, 3.05) is 58.9 Å². The zero-order valence-corrected chi connectivity index (χ0v) is 69.9. The number of nitrogens with zero attached hydrogens (tertiary/aromatic N) is 8. The average molecular weight is 1830 g/mol. The molecule has 129 heavy (non-hydrogen) atoms. The number of hydrogen-bond donors (Lipinski definition) is 2. The summed E-state index contributed by atoms with van der Waals surface area (Å²) < 4.78 is 314. The monoisotopic (exact) mass is 1830 g/mol. The number of nitrogens with two attached hydrogens (primary N) is 1. The van der Waals surface area contributed by atoms with Crippen LogP contribution in [-0.4, -0.2) is 151 Å². The first-order valence-electron chi connectivity index (χ1n) is 39.5. The molecule has 0 fully saturated rings. The maximum Gasteiger partial charge on any atom is 0.243 e. The zero-order valence-electron chi connectivity index (χ0n) is 69.9. The van der Waals surface area contributed by atoms with Crippen molar-refractivity contribution < 1.29 is 131 Å². The Morgan fingerprint density at radius 3 is 0.543 bits per heavy atom. The summed E-state index contributed by atoms with van der Waals surface area (Å²) in [5.41, 5.74) is -0.944. The molecule has 0 spiro atoms. The number of halogens is 20. The fraction of sp³-hybridized carbons (Fsp3) is 0.300. The van der Waals surface area contributed by atoms with Gasteiger partial charge in [0.05, 0.1) is 83.7 Å². The summed E-state index contributed by atoms with van der Waals surface area (Å²) in [7, 11) is 0. The van der Waals surface area contributed by atoms with E-state index in [0.717, 1.165) is 18.7 Å². The molecule has 9 rings (SSSR count). The van der Waals surface area contributed by atoms with E-state index < -0.39 is 305 Å². The van der Waals surface area contributed by atoms with Crippen LogP contribution in [0, 0.1) is 116 Å². The Morgan fingerprint density at radius 2 is 0.364 bits per heavy atom. The van der Waals surface area contributed by atoms with Crippen molar-refractivity contribution in [2.24, 2.45) is 5.73 Å². The largest absolute Gasteiger partial charge is 0.368 e. The van der Waals surface area contributed by atoms with Gasteiger partial charge in [-0.3, -0.25) is 43.2 Å². The lowest BCUT2D eigenvalue weighted by atomic mass is 10.0. The topological polar surface area (TPSA) is 218 Å². The molecule has 0 aliphatic carbocycles. The summed E-state index contributed by atoms with van der Waals surface area (Å²) in [6.45, 7) is -4.59. The van der Waals surface area contributed by atoms with Gasteiger partial charge in [0.1, 0.15) is 45.8 Å². The Balaban J connectivity index is 1.19. The number of carbonyl (C=O) groups excluding carboxylic acids is 9. The predicted molar refractivity (Wildman–Crippen MR) is 424 cm³/mol. The lowest BCUT2D eigenvalue weighted by Crippen LogP contribution is -2.54. The number of amides is 9. The number of carbonyl (C=O) groups is 9. The molecule has 3 N–H and O–H groups in total. The summed E-state index contributed by atoms with van der Waals surface area (Å²) in [5, 5.41) is 2.85. The van der Waals surface area contributed by atoms with Crippen LogP contribution in [0.1, 0.15) is 167 Å². The maximum atomic E-state index is 16.6. The van der Waals surface area contributed by atoms with Gasteiger partial charge >= 0.3 is 0 Å². The van der Waals surface area contributed by atoms with Crippen molar-refractivity contribution in [3.63, 3.8) is 0 Å². The highest BCUT2D eigenvalue weighted by Gasteiger charge is 2.45. The highest BCUT2D eigenvalue weighted by molar-refractivity contribution is 5.95. The van der Waals surface area contributed by atoms with E-state index in [1.54, 1.807) is 37.3 Å². The first-order chi connectivity index (χ1) is 60.8. The molecule has 0 radical (unpaired) electrons. The Labute approximate surface area is 725 Å². The first kappa shape index (κ1) is 99.5. The van der Waals surface area contributed by atoms with Crippen LogP contribution in [0.5, 0.6) is 0 Å². The number of hydrogen-bond acceptors (Lipinski definition) is 10. The molecule has 9 atom stereocenters. The molecule has 19 nitrogen and oxygen atoms in total. The molecule has 0 saturated heterocycles. The molecule has 9 aromatic carbocycles. The second kappa shape index (κ2) is 42.6. The van der Waals surface area contributed by atoms with E-state index in [4.69, 9.17) is 5.73 Å². The summed E-state index contributed by atoms with van der Waals surface area (Å²) in [4.78, 5) is 140. The van der Waals surface area contributed by atoms with Crippen LogP contribution in [0.2, 0.25) is 0 Å². The van der Waals surface area contributed by atoms with Gasteiger partial charge in [-0.1, -0.05) is 152 Å². The maximum absolute atomic E-state index is 16.6. The Bertz CT molecular complexity index is 5580. The lowest BCUT2D eigenvalue weighted by Gasteiger charge is -2.39. The quantitative estimate of drug-likeness (QED) is 0.0215. The standard InChI is InChI=1S/C90H82F20N10O9/c1-44(53-25-15-10-16-26-53)112-35-59(122)117(49(6)67-71(91)79(99)87(107)80(100)72(67)92)40-62(125)114(46(3)55-29-19-12-20-30-55)37-61(124)115(47(4)56-31-21-13-22-32-56)38-65(128)120(52(9)70-77(97)85(105)90(110)86(106)78(70)98)43-66(129)119(51(8)69-75(95)83(103)89(109)84(104)76(69)96)42-63(126)116(48(5)57-33-23-14-24-34-57)39-64(127)118(50(7)68-73(93)81(101)88(108)82(102)74(68)94)41-60(123)113(36-58(111)121)45(2)54-27-17-11-18-28-54/h10-34,44-52,112H,35-43H2,1-9H3,(H2,111,121)/t44-,45-,46-,47-,48-,49-,50-,51-,52-/m0/s1. The van der Waals surface area contributed by atoms with Gasteiger partial charge in [0, 0.05) is 6.04 Å². The zero-order chi connectivity index (χ0) is 95.5. The Kier molecular flexibility index (Phi) is 32.9. The summed E-state index contributed by atoms with van der Waals surface area (Å²) in [5.74, 6) is -67.1. The third-order valence-corrected chi connectivity index (χ3v) is 22.4. The molecule has 39 heteroatoms. The molecule has 9 amide bonds. The van der Waals surface area contributed by atoms with Gasteiger partial charge in [-0.25, -0.2) is 87.8 Å². The minimum Gasteiger partial charge on any atom is -0.368 e. The van der Waals surface area contributed by atoms with Crippen LogP contribution in [-0.2, 0) is 43.2 Å². The summed E-state index contributed by atoms with van der Waals surface area (Å²) >= 11 is 0. The van der Waals surface area contributed by atoms with E-state index in [1.165, 1.54) is 142 Å². The molecule has 0 aliphatic heterocycles. The second-order valence-corrected chi connectivity index (χ2v) is 30.1. The van der Waals surface area contributed by atoms with Crippen LogP contribution in [0.15, 0.2) is 152 Å². The van der Waals surface area contributed by atoms with E-state index in [-0.39, 0.29) is 37.0 Å². The van der Waals surface area contributed by atoms with Gasteiger partial charge in [-0.05, 0) is 90.1 Å². The van der Waals surface area contributed by atoms with Gasteiger partial charge in [-0.15, -0.1) is 0 Å². The Morgan fingerprint density at radius 1 is 0.217 bits per heavy atom.